The second-order valence-electron chi connectivity index (χ2n) is 6.39. The fourth-order valence-electron chi connectivity index (χ4n) is 3.06. The average Bonchev–Trinajstić information content (AvgIpc) is 2.61. The summed E-state index contributed by atoms with van der Waals surface area (Å²) in [5.74, 6) is -1.91. The summed E-state index contributed by atoms with van der Waals surface area (Å²) in [5.41, 5.74) is -0.532. The van der Waals surface area contributed by atoms with Crippen molar-refractivity contribution in [2.75, 3.05) is 26.2 Å². The number of carbonyl (C=O) groups is 1. The van der Waals surface area contributed by atoms with Crippen LogP contribution in [0.2, 0.25) is 5.02 Å². The minimum Gasteiger partial charge on any atom is -0.336 e. The minimum absolute atomic E-state index is 0.160. The first kappa shape index (κ1) is 19.6. The molecule has 1 aliphatic rings. The molecule has 1 heterocycles. The molecule has 3 rings (SSSR count). The van der Waals surface area contributed by atoms with Gasteiger partial charge in [0.25, 0.3) is 5.91 Å². The maximum Gasteiger partial charge on any atom is 0.419 e. The lowest BCUT2D eigenvalue weighted by Gasteiger charge is -2.35. The topological polar surface area (TPSA) is 23.6 Å². The Morgan fingerprint density at radius 1 is 1.04 bits per heavy atom. The van der Waals surface area contributed by atoms with Crippen LogP contribution in [-0.4, -0.2) is 41.9 Å². The number of nitrogens with zero attached hydrogens (tertiary/aromatic N) is 2. The number of carbonyl (C=O) groups excluding carboxylic acids is 1. The highest BCUT2D eigenvalue weighted by Gasteiger charge is 2.35. The van der Waals surface area contributed by atoms with Crippen molar-refractivity contribution in [3.63, 3.8) is 0 Å². The molecule has 1 saturated heterocycles. The molecule has 2 aromatic carbocycles. The zero-order valence-corrected chi connectivity index (χ0v) is 15.0. The third-order valence-electron chi connectivity index (χ3n) is 4.47. The van der Waals surface area contributed by atoms with Crippen molar-refractivity contribution in [2.45, 2.75) is 12.7 Å². The second-order valence-corrected chi connectivity index (χ2v) is 6.83. The van der Waals surface area contributed by atoms with E-state index < -0.39 is 23.5 Å². The highest BCUT2D eigenvalue weighted by molar-refractivity contribution is 6.30. The molecule has 144 valence electrons. The van der Waals surface area contributed by atoms with Gasteiger partial charge in [-0.1, -0.05) is 23.7 Å². The van der Waals surface area contributed by atoms with E-state index in [4.69, 9.17) is 11.6 Å². The van der Waals surface area contributed by atoms with Crippen LogP contribution in [0.4, 0.5) is 17.6 Å². The monoisotopic (exact) mass is 400 g/mol. The molecule has 1 aliphatic heterocycles. The molecule has 3 nitrogen and oxygen atoms in total. The maximum atomic E-state index is 13.4. The lowest BCUT2D eigenvalue weighted by atomic mass is 10.1. The molecule has 0 atom stereocenters. The molecule has 2 aromatic rings. The van der Waals surface area contributed by atoms with Crippen molar-refractivity contribution < 1.29 is 22.4 Å². The van der Waals surface area contributed by atoms with Gasteiger partial charge in [0.15, 0.2) is 0 Å². The molecule has 0 radical (unpaired) electrons. The molecule has 0 aromatic heterocycles. The molecule has 0 aliphatic carbocycles. The van der Waals surface area contributed by atoms with Gasteiger partial charge < -0.3 is 4.90 Å². The number of benzene rings is 2. The number of amides is 1. The van der Waals surface area contributed by atoms with E-state index in [2.05, 4.69) is 4.90 Å². The van der Waals surface area contributed by atoms with Gasteiger partial charge in [0.05, 0.1) is 5.56 Å². The number of hydrogen-bond acceptors (Lipinski definition) is 2. The molecular weight excluding hydrogens is 384 g/mol. The number of halogens is 5. The predicted molar refractivity (Wildman–Crippen MR) is 94.0 cm³/mol. The van der Waals surface area contributed by atoms with Gasteiger partial charge in [-0.05, 0) is 35.9 Å². The number of rotatable bonds is 3. The Hall–Kier alpha value is -2.12. The van der Waals surface area contributed by atoms with Crippen LogP contribution in [0.3, 0.4) is 0 Å². The summed E-state index contributed by atoms with van der Waals surface area (Å²) in [6.45, 7) is 2.63. The van der Waals surface area contributed by atoms with Crippen LogP contribution in [0.1, 0.15) is 21.5 Å². The van der Waals surface area contributed by atoms with Crippen molar-refractivity contribution in [3.05, 3.63) is 70.0 Å². The molecular formula is C19H17ClF4N2O. The van der Waals surface area contributed by atoms with Gasteiger partial charge in [0.1, 0.15) is 5.82 Å². The summed E-state index contributed by atoms with van der Waals surface area (Å²) < 4.78 is 51.9. The normalized spacial score (nSPS) is 15.8. The number of alkyl halides is 3. The fraction of sp³-hybridized carbons (Fsp3) is 0.316. The van der Waals surface area contributed by atoms with Crippen molar-refractivity contribution in [3.8, 4) is 0 Å². The first-order valence-electron chi connectivity index (χ1n) is 8.37. The Morgan fingerprint density at radius 2 is 1.74 bits per heavy atom. The van der Waals surface area contributed by atoms with Crippen molar-refractivity contribution in [2.24, 2.45) is 0 Å². The number of piperazine rings is 1. The quantitative estimate of drug-likeness (QED) is 0.710. The van der Waals surface area contributed by atoms with Crippen LogP contribution in [0, 0.1) is 5.82 Å². The first-order chi connectivity index (χ1) is 12.7. The van der Waals surface area contributed by atoms with Gasteiger partial charge in [-0.15, -0.1) is 0 Å². The fourth-order valence-corrected chi connectivity index (χ4v) is 3.27. The Bertz CT molecular complexity index is 833. The van der Waals surface area contributed by atoms with E-state index in [9.17, 15) is 22.4 Å². The van der Waals surface area contributed by atoms with Crippen molar-refractivity contribution in [1.82, 2.24) is 9.80 Å². The highest BCUT2D eigenvalue weighted by Crippen LogP contribution is 2.32. The molecule has 1 amide bonds. The minimum atomic E-state index is -4.84. The predicted octanol–water partition coefficient (Wildman–Crippen LogP) is 4.46. The van der Waals surface area contributed by atoms with E-state index in [1.807, 2.05) is 18.2 Å². The van der Waals surface area contributed by atoms with E-state index in [0.717, 1.165) is 11.6 Å². The highest BCUT2D eigenvalue weighted by atomic mass is 35.5. The Kier molecular flexibility index (Phi) is 5.72. The third-order valence-corrected chi connectivity index (χ3v) is 4.71. The zero-order chi connectivity index (χ0) is 19.6. The first-order valence-corrected chi connectivity index (χ1v) is 8.74. The summed E-state index contributed by atoms with van der Waals surface area (Å²) in [4.78, 5) is 16.1. The van der Waals surface area contributed by atoms with E-state index in [-0.39, 0.29) is 5.56 Å². The van der Waals surface area contributed by atoms with E-state index in [0.29, 0.717) is 49.9 Å². The maximum absolute atomic E-state index is 13.4. The SMILES string of the molecule is O=C(c1ccc(F)c(C(F)(F)F)c1)N1CCN(Cc2cccc(Cl)c2)CC1. The van der Waals surface area contributed by atoms with Crippen LogP contribution >= 0.6 is 11.6 Å². The summed E-state index contributed by atoms with van der Waals surface area (Å²) in [6.07, 6.45) is -4.84. The zero-order valence-electron chi connectivity index (χ0n) is 14.3. The molecule has 0 bridgehead atoms. The summed E-state index contributed by atoms with van der Waals surface area (Å²) in [5, 5.41) is 0.651. The van der Waals surface area contributed by atoms with Crippen LogP contribution in [-0.2, 0) is 12.7 Å². The van der Waals surface area contributed by atoms with Gasteiger partial charge >= 0.3 is 6.18 Å². The molecule has 1 fully saturated rings. The van der Waals surface area contributed by atoms with Crippen LogP contribution in [0.5, 0.6) is 0 Å². The lowest BCUT2D eigenvalue weighted by Crippen LogP contribution is -2.48. The van der Waals surface area contributed by atoms with E-state index in [1.54, 1.807) is 6.07 Å². The van der Waals surface area contributed by atoms with Crippen LogP contribution in [0.25, 0.3) is 0 Å². The molecule has 0 saturated carbocycles. The summed E-state index contributed by atoms with van der Waals surface area (Å²) >= 11 is 5.97. The Balaban J connectivity index is 1.63. The summed E-state index contributed by atoms with van der Waals surface area (Å²) in [7, 11) is 0. The van der Waals surface area contributed by atoms with Gasteiger partial charge in [0, 0.05) is 43.3 Å². The second kappa shape index (κ2) is 7.86. The van der Waals surface area contributed by atoms with Crippen LogP contribution in [0.15, 0.2) is 42.5 Å². The van der Waals surface area contributed by atoms with Crippen molar-refractivity contribution in [1.29, 1.82) is 0 Å². The van der Waals surface area contributed by atoms with Crippen molar-refractivity contribution >= 4 is 17.5 Å². The smallest absolute Gasteiger partial charge is 0.336 e. The van der Waals surface area contributed by atoms with Gasteiger partial charge in [-0.2, -0.15) is 13.2 Å². The summed E-state index contributed by atoms with van der Waals surface area (Å²) in [6, 6.07) is 9.84. The molecule has 8 heteroatoms. The lowest BCUT2D eigenvalue weighted by molar-refractivity contribution is -0.140. The van der Waals surface area contributed by atoms with Gasteiger partial charge in [0.2, 0.25) is 0 Å². The third kappa shape index (κ3) is 4.78. The largest absolute Gasteiger partial charge is 0.419 e. The molecule has 0 N–H and O–H groups in total. The average molecular weight is 401 g/mol. The standard InChI is InChI=1S/C19H17ClF4N2O/c20-15-3-1-2-13(10-15)12-25-6-8-26(9-7-25)18(27)14-4-5-17(21)16(11-14)19(22,23)24/h1-5,10-11H,6-9,12H2. The van der Waals surface area contributed by atoms with Gasteiger partial charge in [-0.25, -0.2) is 4.39 Å². The molecule has 0 unspecified atom stereocenters. The van der Waals surface area contributed by atoms with Gasteiger partial charge in [-0.3, -0.25) is 9.69 Å². The Morgan fingerprint density at radius 3 is 2.37 bits per heavy atom. The molecule has 0 spiro atoms. The van der Waals surface area contributed by atoms with E-state index >= 15 is 0 Å². The van der Waals surface area contributed by atoms with E-state index in [1.165, 1.54) is 4.90 Å². The molecule has 27 heavy (non-hydrogen) atoms. The Labute approximate surface area is 159 Å². The number of hydrogen-bond donors (Lipinski definition) is 0. The van der Waals surface area contributed by atoms with Crippen LogP contribution < -0.4 is 0 Å².